The first kappa shape index (κ1) is 12.9. The number of aromatic nitrogens is 1. The van der Waals surface area contributed by atoms with Gasteiger partial charge < -0.3 is 15.3 Å². The number of rotatable bonds is 4. The van der Waals surface area contributed by atoms with Crippen molar-refractivity contribution in [2.45, 2.75) is 25.4 Å². The highest BCUT2D eigenvalue weighted by Gasteiger charge is 2.72. The van der Waals surface area contributed by atoms with E-state index in [9.17, 15) is 9.59 Å². The van der Waals surface area contributed by atoms with Gasteiger partial charge in [0.1, 0.15) is 0 Å². The molecule has 1 aromatic rings. The van der Waals surface area contributed by atoms with E-state index in [1.807, 2.05) is 12.1 Å². The lowest BCUT2D eigenvalue weighted by atomic mass is 9.80. The normalized spacial score (nSPS) is 29.9. The van der Waals surface area contributed by atoms with E-state index < -0.39 is 11.4 Å². The summed E-state index contributed by atoms with van der Waals surface area (Å²) >= 11 is 0. The van der Waals surface area contributed by atoms with Gasteiger partial charge in [0.15, 0.2) is 0 Å². The van der Waals surface area contributed by atoms with Crippen LogP contribution in [0.3, 0.4) is 0 Å². The Labute approximate surface area is 116 Å². The predicted molar refractivity (Wildman–Crippen MR) is 70.8 cm³/mol. The van der Waals surface area contributed by atoms with Gasteiger partial charge in [0.2, 0.25) is 0 Å². The van der Waals surface area contributed by atoms with Crippen molar-refractivity contribution in [2.24, 2.45) is 11.3 Å². The minimum atomic E-state index is -0.725. The Bertz CT molecular complexity index is 548. The smallest absolute Gasteiger partial charge is 0.317 e. The molecule has 3 rings (SSSR count). The fraction of sp³-hybridized carbons (Fsp3) is 0.500. The molecule has 2 aliphatic carbocycles. The standard InChI is InChI=1S/C14H17N3O3/c1-17(8-9-3-2-4-15-7-9)13(20)16-11-6-14(12(18)19)5-10(11)14/h2-4,7,10-11H,5-6,8H2,1H3,(H,16,20)(H,18,19)/t10-,11-,14-/m1/s1. The van der Waals surface area contributed by atoms with Crippen LogP contribution >= 0.6 is 0 Å². The van der Waals surface area contributed by atoms with Crippen LogP contribution in [0.15, 0.2) is 24.5 Å². The molecule has 2 aliphatic rings. The SMILES string of the molecule is CN(Cc1cccnc1)C(=O)N[C@@H]1C[C@]2(C(=O)O)C[C@H]12. The van der Waals surface area contributed by atoms with Gasteiger partial charge in [-0.3, -0.25) is 9.78 Å². The van der Waals surface area contributed by atoms with E-state index in [0.29, 0.717) is 19.4 Å². The average Bonchev–Trinajstić information content (AvgIpc) is 3.03. The second-order valence-corrected chi connectivity index (χ2v) is 5.75. The molecule has 6 nitrogen and oxygen atoms in total. The van der Waals surface area contributed by atoms with E-state index in [0.717, 1.165) is 5.56 Å². The second-order valence-electron chi connectivity index (χ2n) is 5.75. The van der Waals surface area contributed by atoms with Crippen molar-refractivity contribution in [3.05, 3.63) is 30.1 Å². The molecular weight excluding hydrogens is 258 g/mol. The van der Waals surface area contributed by atoms with Crippen molar-refractivity contribution < 1.29 is 14.7 Å². The number of pyridine rings is 1. The molecule has 0 saturated heterocycles. The lowest BCUT2D eigenvalue weighted by Gasteiger charge is -2.33. The lowest BCUT2D eigenvalue weighted by molar-refractivity contribution is -0.147. The average molecular weight is 275 g/mol. The zero-order chi connectivity index (χ0) is 14.3. The summed E-state index contributed by atoms with van der Waals surface area (Å²) < 4.78 is 0. The quantitative estimate of drug-likeness (QED) is 0.861. The van der Waals surface area contributed by atoms with Crippen LogP contribution in [0.4, 0.5) is 4.79 Å². The molecule has 0 spiro atoms. The van der Waals surface area contributed by atoms with Crippen molar-refractivity contribution in [3.8, 4) is 0 Å². The summed E-state index contributed by atoms with van der Waals surface area (Å²) in [5.41, 5.74) is 0.435. The number of fused-ring (bicyclic) bond motifs is 1. The van der Waals surface area contributed by atoms with Gasteiger partial charge in [0.25, 0.3) is 0 Å². The zero-order valence-corrected chi connectivity index (χ0v) is 11.2. The molecule has 0 aliphatic heterocycles. The fourth-order valence-electron chi connectivity index (χ4n) is 3.06. The van der Waals surface area contributed by atoms with Crippen molar-refractivity contribution in [2.75, 3.05) is 7.05 Å². The Balaban J connectivity index is 1.50. The molecule has 2 N–H and O–H groups in total. The van der Waals surface area contributed by atoms with Gasteiger partial charge in [-0.25, -0.2) is 4.79 Å². The molecule has 2 saturated carbocycles. The minimum absolute atomic E-state index is 0.00921. The van der Waals surface area contributed by atoms with Crippen LogP contribution in [-0.4, -0.2) is 40.1 Å². The molecule has 1 heterocycles. The Kier molecular flexibility index (Phi) is 2.88. The molecule has 20 heavy (non-hydrogen) atoms. The van der Waals surface area contributed by atoms with Crippen molar-refractivity contribution in [1.82, 2.24) is 15.2 Å². The highest BCUT2D eigenvalue weighted by molar-refractivity contribution is 5.82. The number of hydrogen-bond acceptors (Lipinski definition) is 3. The first-order chi connectivity index (χ1) is 9.53. The molecule has 0 radical (unpaired) electrons. The summed E-state index contributed by atoms with van der Waals surface area (Å²) in [5.74, 6) is -0.604. The van der Waals surface area contributed by atoms with Crippen LogP contribution in [0.5, 0.6) is 0 Å². The van der Waals surface area contributed by atoms with E-state index in [1.165, 1.54) is 0 Å². The summed E-state index contributed by atoms with van der Waals surface area (Å²) in [5, 5.41) is 12.0. The molecule has 0 bridgehead atoms. The number of carboxylic acids is 1. The summed E-state index contributed by atoms with van der Waals surface area (Å²) in [6, 6.07) is 3.59. The van der Waals surface area contributed by atoms with Crippen LogP contribution in [-0.2, 0) is 11.3 Å². The molecule has 0 unspecified atom stereocenters. The maximum Gasteiger partial charge on any atom is 0.317 e. The molecule has 2 fully saturated rings. The van der Waals surface area contributed by atoms with Crippen LogP contribution in [0, 0.1) is 11.3 Å². The highest BCUT2D eigenvalue weighted by atomic mass is 16.4. The second kappa shape index (κ2) is 4.47. The first-order valence-corrected chi connectivity index (χ1v) is 6.67. The molecule has 2 amide bonds. The number of amides is 2. The van der Waals surface area contributed by atoms with Crippen LogP contribution in [0.1, 0.15) is 18.4 Å². The zero-order valence-electron chi connectivity index (χ0n) is 11.2. The Morgan fingerprint density at radius 3 is 2.90 bits per heavy atom. The van der Waals surface area contributed by atoms with Gasteiger partial charge in [-0.2, -0.15) is 0 Å². The number of urea groups is 1. The number of aliphatic carboxylic acids is 1. The third-order valence-corrected chi connectivity index (χ3v) is 4.43. The van der Waals surface area contributed by atoms with E-state index >= 15 is 0 Å². The summed E-state index contributed by atoms with van der Waals surface area (Å²) in [6.45, 7) is 0.487. The highest BCUT2D eigenvalue weighted by Crippen LogP contribution is 2.67. The van der Waals surface area contributed by atoms with Gasteiger partial charge in [-0.05, 0) is 30.4 Å². The number of nitrogens with one attached hydrogen (secondary N) is 1. The molecule has 106 valence electrons. The van der Waals surface area contributed by atoms with E-state index in [4.69, 9.17) is 5.11 Å². The van der Waals surface area contributed by atoms with Crippen LogP contribution in [0.25, 0.3) is 0 Å². The van der Waals surface area contributed by atoms with Crippen molar-refractivity contribution >= 4 is 12.0 Å². The van der Waals surface area contributed by atoms with Crippen LogP contribution in [0.2, 0.25) is 0 Å². The molecule has 1 aromatic heterocycles. The maximum atomic E-state index is 12.0. The minimum Gasteiger partial charge on any atom is -0.481 e. The van der Waals surface area contributed by atoms with Crippen molar-refractivity contribution in [1.29, 1.82) is 0 Å². The third-order valence-electron chi connectivity index (χ3n) is 4.43. The number of carbonyl (C=O) groups excluding carboxylic acids is 1. The number of carboxylic acid groups (broad SMARTS) is 1. The van der Waals surface area contributed by atoms with Crippen LogP contribution < -0.4 is 5.32 Å². The van der Waals surface area contributed by atoms with Gasteiger partial charge in [0.05, 0.1) is 5.41 Å². The molecular formula is C14H17N3O3. The van der Waals surface area contributed by atoms with E-state index in [1.54, 1.807) is 24.3 Å². The van der Waals surface area contributed by atoms with Gasteiger partial charge in [0, 0.05) is 32.0 Å². The largest absolute Gasteiger partial charge is 0.481 e. The Hall–Kier alpha value is -2.11. The first-order valence-electron chi connectivity index (χ1n) is 6.67. The van der Waals surface area contributed by atoms with Crippen molar-refractivity contribution in [3.63, 3.8) is 0 Å². The summed E-state index contributed by atoms with van der Waals surface area (Å²) in [7, 11) is 1.72. The maximum absolute atomic E-state index is 12.0. The van der Waals surface area contributed by atoms with Gasteiger partial charge >= 0.3 is 12.0 Å². The molecule has 6 heteroatoms. The number of carbonyl (C=O) groups is 2. The Morgan fingerprint density at radius 2 is 2.35 bits per heavy atom. The number of hydrogen-bond donors (Lipinski definition) is 2. The summed E-state index contributed by atoms with van der Waals surface area (Å²) in [4.78, 5) is 28.6. The van der Waals surface area contributed by atoms with E-state index in [-0.39, 0.29) is 18.0 Å². The van der Waals surface area contributed by atoms with E-state index in [2.05, 4.69) is 10.3 Å². The lowest BCUT2D eigenvalue weighted by Crippen LogP contribution is -2.51. The topological polar surface area (TPSA) is 82.5 Å². The predicted octanol–water partition coefficient (Wildman–Crippen LogP) is 1.09. The monoisotopic (exact) mass is 275 g/mol. The Morgan fingerprint density at radius 1 is 1.55 bits per heavy atom. The summed E-state index contributed by atoms with van der Waals surface area (Å²) in [6.07, 6.45) is 4.67. The van der Waals surface area contributed by atoms with Gasteiger partial charge in [-0.15, -0.1) is 0 Å². The third kappa shape index (κ3) is 2.01. The van der Waals surface area contributed by atoms with Gasteiger partial charge in [-0.1, -0.05) is 6.07 Å². The number of nitrogens with zero attached hydrogens (tertiary/aromatic N) is 2. The fourth-order valence-corrected chi connectivity index (χ4v) is 3.06. The molecule has 0 aromatic carbocycles. The molecule has 3 atom stereocenters.